The van der Waals surface area contributed by atoms with E-state index in [9.17, 15) is 14.4 Å². The van der Waals surface area contributed by atoms with Crippen LogP contribution in [0.1, 0.15) is 42.1 Å². The molecule has 0 saturated carbocycles. The van der Waals surface area contributed by atoms with Gasteiger partial charge < -0.3 is 10.6 Å². The van der Waals surface area contributed by atoms with Crippen molar-refractivity contribution in [1.82, 2.24) is 15.5 Å². The van der Waals surface area contributed by atoms with Gasteiger partial charge in [0, 0.05) is 31.5 Å². The van der Waals surface area contributed by atoms with Crippen molar-refractivity contribution >= 4 is 17.7 Å². The highest BCUT2D eigenvalue weighted by Gasteiger charge is 2.28. The predicted octanol–water partition coefficient (Wildman–Crippen LogP) is 1.06. The molecule has 0 spiro atoms. The lowest BCUT2D eigenvalue weighted by Gasteiger charge is -2.14. The Balaban J connectivity index is 1.83. The van der Waals surface area contributed by atoms with E-state index in [-0.39, 0.29) is 24.3 Å². The van der Waals surface area contributed by atoms with Crippen LogP contribution in [0, 0.1) is 0 Å². The lowest BCUT2D eigenvalue weighted by Crippen LogP contribution is -2.32. The SMILES string of the molecule is CCCNCCNC(=O)c1ccc(CN2C(=O)CCC2=O)cc1. The number of hydrogen-bond acceptors (Lipinski definition) is 4. The summed E-state index contributed by atoms with van der Waals surface area (Å²) in [6, 6.07) is 7.00. The first-order valence-corrected chi connectivity index (χ1v) is 8.03. The second-order valence-electron chi connectivity index (χ2n) is 5.58. The first-order valence-electron chi connectivity index (χ1n) is 8.03. The van der Waals surface area contributed by atoms with Crippen LogP contribution in [0.3, 0.4) is 0 Å². The molecule has 1 aromatic carbocycles. The molecule has 1 aliphatic heterocycles. The van der Waals surface area contributed by atoms with Gasteiger partial charge in [0.15, 0.2) is 0 Å². The van der Waals surface area contributed by atoms with Crippen molar-refractivity contribution in [3.8, 4) is 0 Å². The Bertz CT molecular complexity index is 553. The number of carbonyl (C=O) groups is 3. The number of nitrogens with zero attached hydrogens (tertiary/aromatic N) is 1. The fraction of sp³-hybridized carbons (Fsp3) is 0.471. The first kappa shape index (κ1) is 17.1. The van der Waals surface area contributed by atoms with Crippen molar-refractivity contribution in [2.24, 2.45) is 0 Å². The van der Waals surface area contributed by atoms with E-state index in [1.807, 2.05) is 0 Å². The van der Waals surface area contributed by atoms with Crippen molar-refractivity contribution in [2.45, 2.75) is 32.7 Å². The molecule has 1 aromatic rings. The molecule has 23 heavy (non-hydrogen) atoms. The standard InChI is InChI=1S/C17H23N3O3/c1-2-9-18-10-11-19-17(23)14-5-3-13(4-6-14)12-20-15(21)7-8-16(20)22/h3-6,18H,2,7-12H2,1H3,(H,19,23). The topological polar surface area (TPSA) is 78.5 Å². The molecule has 0 unspecified atom stereocenters. The molecule has 0 aromatic heterocycles. The van der Waals surface area contributed by atoms with Crippen molar-refractivity contribution in [3.63, 3.8) is 0 Å². The summed E-state index contributed by atoms with van der Waals surface area (Å²) in [4.78, 5) is 36.4. The van der Waals surface area contributed by atoms with Crippen LogP contribution < -0.4 is 10.6 Å². The maximum Gasteiger partial charge on any atom is 0.251 e. The van der Waals surface area contributed by atoms with Crippen LogP contribution in [0.4, 0.5) is 0 Å². The third kappa shape index (κ3) is 4.89. The van der Waals surface area contributed by atoms with Gasteiger partial charge in [-0.15, -0.1) is 0 Å². The van der Waals surface area contributed by atoms with E-state index in [4.69, 9.17) is 0 Å². The molecule has 6 heteroatoms. The minimum Gasteiger partial charge on any atom is -0.351 e. The minimum atomic E-state index is -0.128. The summed E-state index contributed by atoms with van der Waals surface area (Å²) in [5, 5.41) is 6.06. The van der Waals surface area contributed by atoms with Crippen LogP contribution >= 0.6 is 0 Å². The zero-order valence-electron chi connectivity index (χ0n) is 13.4. The van der Waals surface area contributed by atoms with Crippen molar-refractivity contribution < 1.29 is 14.4 Å². The molecule has 1 fully saturated rings. The highest BCUT2D eigenvalue weighted by Crippen LogP contribution is 2.16. The van der Waals surface area contributed by atoms with Crippen LogP contribution in [0.5, 0.6) is 0 Å². The Morgan fingerprint density at radius 1 is 1.04 bits per heavy atom. The molecular formula is C17H23N3O3. The van der Waals surface area contributed by atoms with Gasteiger partial charge in [-0.05, 0) is 30.7 Å². The molecule has 0 radical (unpaired) electrons. The van der Waals surface area contributed by atoms with E-state index in [0.717, 1.165) is 25.1 Å². The predicted molar refractivity (Wildman–Crippen MR) is 86.7 cm³/mol. The molecule has 3 amide bonds. The molecule has 1 aliphatic rings. The molecule has 124 valence electrons. The zero-order valence-corrected chi connectivity index (χ0v) is 13.4. The fourth-order valence-corrected chi connectivity index (χ4v) is 2.41. The Hall–Kier alpha value is -2.21. The van der Waals surface area contributed by atoms with Gasteiger partial charge in [-0.3, -0.25) is 19.3 Å². The monoisotopic (exact) mass is 317 g/mol. The van der Waals surface area contributed by atoms with Gasteiger partial charge in [-0.2, -0.15) is 0 Å². The highest BCUT2D eigenvalue weighted by molar-refractivity contribution is 6.01. The number of amides is 3. The van der Waals surface area contributed by atoms with E-state index in [1.165, 1.54) is 4.90 Å². The van der Waals surface area contributed by atoms with Crippen LogP contribution in [0.2, 0.25) is 0 Å². The van der Waals surface area contributed by atoms with Gasteiger partial charge in [-0.25, -0.2) is 0 Å². The van der Waals surface area contributed by atoms with Gasteiger partial charge in [-0.1, -0.05) is 19.1 Å². The molecule has 2 rings (SSSR count). The van der Waals surface area contributed by atoms with Crippen molar-refractivity contribution in [2.75, 3.05) is 19.6 Å². The summed E-state index contributed by atoms with van der Waals surface area (Å²) in [7, 11) is 0. The molecule has 1 heterocycles. The van der Waals surface area contributed by atoms with Crippen molar-refractivity contribution in [3.05, 3.63) is 35.4 Å². The Labute approximate surface area is 136 Å². The largest absolute Gasteiger partial charge is 0.351 e. The van der Waals surface area contributed by atoms with E-state index in [1.54, 1.807) is 24.3 Å². The van der Waals surface area contributed by atoms with Gasteiger partial charge in [0.25, 0.3) is 5.91 Å². The summed E-state index contributed by atoms with van der Waals surface area (Å²) in [5.74, 6) is -0.379. The first-order chi connectivity index (χ1) is 11.1. The summed E-state index contributed by atoms with van der Waals surface area (Å²) < 4.78 is 0. The number of rotatable bonds is 8. The number of benzene rings is 1. The molecule has 6 nitrogen and oxygen atoms in total. The number of hydrogen-bond donors (Lipinski definition) is 2. The van der Waals surface area contributed by atoms with Gasteiger partial charge in [0.1, 0.15) is 0 Å². The van der Waals surface area contributed by atoms with E-state index in [2.05, 4.69) is 17.6 Å². The highest BCUT2D eigenvalue weighted by atomic mass is 16.2. The smallest absolute Gasteiger partial charge is 0.251 e. The minimum absolute atomic E-state index is 0.122. The van der Waals surface area contributed by atoms with Gasteiger partial charge in [0.05, 0.1) is 6.54 Å². The van der Waals surface area contributed by atoms with Crippen LogP contribution in [-0.4, -0.2) is 42.3 Å². The average Bonchev–Trinajstić information content (AvgIpc) is 2.87. The Kier molecular flexibility index (Phi) is 6.29. The Morgan fingerprint density at radius 3 is 2.30 bits per heavy atom. The van der Waals surface area contributed by atoms with Crippen LogP contribution in [0.15, 0.2) is 24.3 Å². The van der Waals surface area contributed by atoms with Crippen LogP contribution in [-0.2, 0) is 16.1 Å². The van der Waals surface area contributed by atoms with E-state index in [0.29, 0.717) is 24.9 Å². The Morgan fingerprint density at radius 2 is 1.70 bits per heavy atom. The zero-order chi connectivity index (χ0) is 16.7. The normalized spacial score (nSPS) is 14.4. The van der Waals surface area contributed by atoms with E-state index >= 15 is 0 Å². The lowest BCUT2D eigenvalue weighted by atomic mass is 10.1. The van der Waals surface area contributed by atoms with Crippen LogP contribution in [0.25, 0.3) is 0 Å². The quantitative estimate of drug-likeness (QED) is 0.555. The molecule has 0 aliphatic carbocycles. The second-order valence-corrected chi connectivity index (χ2v) is 5.58. The molecule has 0 atom stereocenters. The molecule has 2 N–H and O–H groups in total. The number of nitrogens with one attached hydrogen (secondary N) is 2. The fourth-order valence-electron chi connectivity index (χ4n) is 2.41. The average molecular weight is 317 g/mol. The third-order valence-electron chi connectivity index (χ3n) is 3.73. The van der Waals surface area contributed by atoms with Crippen molar-refractivity contribution in [1.29, 1.82) is 0 Å². The number of imide groups is 1. The third-order valence-corrected chi connectivity index (χ3v) is 3.73. The lowest BCUT2D eigenvalue weighted by molar-refractivity contribution is -0.139. The van der Waals surface area contributed by atoms with Gasteiger partial charge >= 0.3 is 0 Å². The second kappa shape index (κ2) is 8.43. The summed E-state index contributed by atoms with van der Waals surface area (Å²) >= 11 is 0. The van der Waals surface area contributed by atoms with Gasteiger partial charge in [0.2, 0.25) is 11.8 Å². The summed E-state index contributed by atoms with van der Waals surface area (Å²) in [5.41, 5.74) is 1.41. The van der Waals surface area contributed by atoms with E-state index < -0.39 is 0 Å². The summed E-state index contributed by atoms with van der Waals surface area (Å²) in [6.45, 7) is 4.64. The number of carbonyl (C=O) groups excluding carboxylic acids is 3. The maximum absolute atomic E-state index is 12.0. The molecular weight excluding hydrogens is 294 g/mol. The molecule has 0 bridgehead atoms. The molecule has 1 saturated heterocycles. The maximum atomic E-state index is 12.0. The number of likely N-dealkylation sites (tertiary alicyclic amines) is 1. The summed E-state index contributed by atoms with van der Waals surface area (Å²) in [6.07, 6.45) is 1.66.